The van der Waals surface area contributed by atoms with Crippen LogP contribution < -0.4 is 4.90 Å². The Balaban J connectivity index is 2.63. The fourth-order valence-corrected chi connectivity index (χ4v) is 2.18. The molecule has 0 fully saturated rings. The largest absolute Gasteiger partial charge is 0.306 e. The quantitative estimate of drug-likeness (QED) is 0.558. The highest BCUT2D eigenvalue weighted by atomic mass is 35.5. The highest BCUT2D eigenvalue weighted by Gasteiger charge is 2.31. The summed E-state index contributed by atoms with van der Waals surface area (Å²) in [4.78, 5) is 23.1. The van der Waals surface area contributed by atoms with Crippen molar-refractivity contribution in [3.05, 3.63) is 32.8 Å². The van der Waals surface area contributed by atoms with E-state index in [0.717, 1.165) is 5.56 Å². The molecule has 16 heavy (non-hydrogen) atoms. The number of carbonyl (C=O) groups excluding carboxylic acids is 1. The van der Waals surface area contributed by atoms with Crippen LogP contribution in [-0.4, -0.2) is 17.4 Å². The highest BCUT2D eigenvalue weighted by Crippen LogP contribution is 2.39. The lowest BCUT2D eigenvalue weighted by Gasteiger charge is -2.14. The van der Waals surface area contributed by atoms with E-state index in [0.29, 0.717) is 23.7 Å². The van der Waals surface area contributed by atoms with Gasteiger partial charge in [0, 0.05) is 24.6 Å². The van der Waals surface area contributed by atoms with Crippen molar-refractivity contribution in [3.63, 3.8) is 0 Å². The van der Waals surface area contributed by atoms with Crippen molar-refractivity contribution in [2.45, 2.75) is 13.3 Å². The van der Waals surface area contributed by atoms with Gasteiger partial charge in [-0.1, -0.05) is 11.6 Å². The second kappa shape index (κ2) is 3.75. The summed E-state index contributed by atoms with van der Waals surface area (Å²) >= 11 is 5.79. The van der Waals surface area contributed by atoms with Crippen LogP contribution in [0.1, 0.15) is 12.5 Å². The van der Waals surface area contributed by atoms with Gasteiger partial charge in [-0.05, 0) is 18.1 Å². The molecule has 0 bridgehead atoms. The van der Waals surface area contributed by atoms with Gasteiger partial charge in [0.05, 0.1) is 4.92 Å². The number of hydrogen-bond donors (Lipinski definition) is 0. The Hall–Kier alpha value is -1.62. The smallest absolute Gasteiger partial charge is 0.294 e. The maximum Gasteiger partial charge on any atom is 0.294 e. The van der Waals surface area contributed by atoms with Gasteiger partial charge >= 0.3 is 0 Å². The van der Waals surface area contributed by atoms with E-state index in [-0.39, 0.29) is 11.6 Å². The zero-order valence-corrected chi connectivity index (χ0v) is 9.32. The van der Waals surface area contributed by atoms with Crippen molar-refractivity contribution < 1.29 is 9.72 Å². The second-order valence-electron chi connectivity index (χ2n) is 3.61. The molecule has 1 aromatic carbocycles. The molecule has 0 aliphatic carbocycles. The third-order valence-electron chi connectivity index (χ3n) is 2.58. The number of nitro benzene ring substituents is 1. The van der Waals surface area contributed by atoms with Crippen LogP contribution in [0.25, 0.3) is 0 Å². The number of anilines is 1. The van der Waals surface area contributed by atoms with E-state index in [9.17, 15) is 14.9 Å². The number of benzene rings is 1. The molecule has 0 atom stereocenters. The van der Waals surface area contributed by atoms with E-state index in [1.807, 2.05) is 0 Å². The molecule has 1 amide bonds. The van der Waals surface area contributed by atoms with Crippen molar-refractivity contribution in [3.8, 4) is 0 Å². The number of nitrogens with zero attached hydrogens (tertiary/aromatic N) is 2. The van der Waals surface area contributed by atoms with Crippen LogP contribution in [0.5, 0.6) is 0 Å². The van der Waals surface area contributed by atoms with Crippen LogP contribution in [0.2, 0.25) is 5.02 Å². The summed E-state index contributed by atoms with van der Waals surface area (Å²) in [7, 11) is 0. The Morgan fingerprint density at radius 3 is 2.81 bits per heavy atom. The molecule has 0 spiro atoms. The Kier molecular flexibility index (Phi) is 2.55. The fraction of sp³-hybridized carbons (Fsp3) is 0.300. The van der Waals surface area contributed by atoms with Crippen LogP contribution in [0.15, 0.2) is 12.1 Å². The normalized spacial score (nSPS) is 13.8. The third kappa shape index (κ3) is 1.63. The number of amides is 1. The molecular weight excluding hydrogens is 232 g/mol. The Labute approximate surface area is 96.8 Å². The first kappa shape index (κ1) is 10.9. The minimum atomic E-state index is -0.508. The molecule has 0 radical (unpaired) electrons. The first-order valence-electron chi connectivity index (χ1n) is 4.75. The van der Waals surface area contributed by atoms with Gasteiger partial charge in [0.2, 0.25) is 5.91 Å². The summed E-state index contributed by atoms with van der Waals surface area (Å²) in [5.74, 6) is -0.191. The Morgan fingerprint density at radius 1 is 1.56 bits per heavy atom. The molecule has 0 N–H and O–H groups in total. The molecule has 6 heteroatoms. The second-order valence-corrected chi connectivity index (χ2v) is 4.05. The van der Waals surface area contributed by atoms with Gasteiger partial charge in [0.25, 0.3) is 5.69 Å². The van der Waals surface area contributed by atoms with Crippen LogP contribution in [0.4, 0.5) is 11.4 Å². The van der Waals surface area contributed by atoms with E-state index in [1.165, 1.54) is 17.9 Å². The number of halogens is 1. The summed E-state index contributed by atoms with van der Waals surface area (Å²) in [5, 5.41) is 11.2. The monoisotopic (exact) mass is 240 g/mol. The van der Waals surface area contributed by atoms with Crippen molar-refractivity contribution in [1.29, 1.82) is 0 Å². The van der Waals surface area contributed by atoms with Crippen LogP contribution in [-0.2, 0) is 11.2 Å². The van der Waals surface area contributed by atoms with Gasteiger partial charge in [-0.15, -0.1) is 0 Å². The molecular formula is C10H9ClN2O3. The molecule has 0 saturated heterocycles. The summed E-state index contributed by atoms with van der Waals surface area (Å²) in [6.45, 7) is 1.87. The number of nitro groups is 1. The average molecular weight is 241 g/mol. The molecule has 1 aliphatic rings. The van der Waals surface area contributed by atoms with E-state index >= 15 is 0 Å². The lowest BCUT2D eigenvalue weighted by atomic mass is 10.1. The molecule has 2 rings (SSSR count). The highest BCUT2D eigenvalue weighted by molar-refractivity contribution is 6.31. The topological polar surface area (TPSA) is 63.5 Å². The lowest BCUT2D eigenvalue weighted by molar-refractivity contribution is -0.384. The van der Waals surface area contributed by atoms with E-state index in [4.69, 9.17) is 11.6 Å². The average Bonchev–Trinajstić information content (AvgIpc) is 2.59. The summed E-state index contributed by atoms with van der Waals surface area (Å²) in [6, 6.07) is 2.95. The van der Waals surface area contributed by atoms with E-state index in [2.05, 4.69) is 0 Å². The summed E-state index contributed by atoms with van der Waals surface area (Å²) < 4.78 is 0. The first-order valence-corrected chi connectivity index (χ1v) is 5.13. The van der Waals surface area contributed by atoms with E-state index in [1.54, 1.807) is 6.07 Å². The van der Waals surface area contributed by atoms with Crippen LogP contribution in [0, 0.1) is 10.1 Å². The fourth-order valence-electron chi connectivity index (χ4n) is 1.94. The maximum atomic E-state index is 11.3. The summed E-state index contributed by atoms with van der Waals surface area (Å²) in [5.41, 5.74) is 1.05. The number of hydrogen-bond acceptors (Lipinski definition) is 3. The molecule has 0 saturated carbocycles. The number of fused-ring (bicyclic) bond motifs is 1. The van der Waals surface area contributed by atoms with Crippen LogP contribution in [0.3, 0.4) is 0 Å². The minimum Gasteiger partial charge on any atom is -0.306 e. The van der Waals surface area contributed by atoms with Crippen LogP contribution >= 0.6 is 11.6 Å². The molecule has 0 unspecified atom stereocenters. The molecule has 0 aromatic heterocycles. The molecule has 1 heterocycles. The van der Waals surface area contributed by atoms with Crippen molar-refractivity contribution >= 4 is 28.9 Å². The maximum absolute atomic E-state index is 11.3. The van der Waals surface area contributed by atoms with E-state index < -0.39 is 4.92 Å². The zero-order chi connectivity index (χ0) is 11.9. The Morgan fingerprint density at radius 2 is 2.25 bits per heavy atom. The SMILES string of the molecule is CC(=O)N1CCc2cc(Cl)cc([N+](=O)[O-])c21. The predicted octanol–water partition coefficient (Wildman–Crippen LogP) is 2.16. The van der Waals surface area contributed by atoms with Crippen molar-refractivity contribution in [2.75, 3.05) is 11.4 Å². The first-order chi connectivity index (χ1) is 7.50. The zero-order valence-electron chi connectivity index (χ0n) is 8.57. The van der Waals surface area contributed by atoms with Gasteiger partial charge in [-0.2, -0.15) is 0 Å². The number of carbonyl (C=O) groups is 1. The Bertz CT molecular complexity index is 487. The van der Waals surface area contributed by atoms with Gasteiger partial charge in [0.15, 0.2) is 0 Å². The van der Waals surface area contributed by atoms with Crippen molar-refractivity contribution in [1.82, 2.24) is 0 Å². The third-order valence-corrected chi connectivity index (χ3v) is 2.80. The van der Waals surface area contributed by atoms with Crippen molar-refractivity contribution in [2.24, 2.45) is 0 Å². The van der Waals surface area contributed by atoms with Gasteiger partial charge in [-0.3, -0.25) is 14.9 Å². The lowest BCUT2D eigenvalue weighted by Crippen LogP contribution is -2.26. The van der Waals surface area contributed by atoms with Gasteiger partial charge in [0.1, 0.15) is 5.69 Å². The number of rotatable bonds is 1. The molecule has 1 aliphatic heterocycles. The van der Waals surface area contributed by atoms with Gasteiger partial charge < -0.3 is 4.90 Å². The predicted molar refractivity (Wildman–Crippen MR) is 59.8 cm³/mol. The molecule has 5 nitrogen and oxygen atoms in total. The summed E-state index contributed by atoms with van der Waals surface area (Å²) in [6.07, 6.45) is 0.607. The standard InChI is InChI=1S/C10H9ClN2O3/c1-6(14)12-3-2-7-4-8(11)5-9(10(7)12)13(15)16/h4-5H,2-3H2,1H3. The van der Waals surface area contributed by atoms with Gasteiger partial charge in [-0.25, -0.2) is 0 Å². The molecule has 84 valence electrons. The molecule has 1 aromatic rings. The minimum absolute atomic E-state index is 0.102.